The highest BCUT2D eigenvalue weighted by molar-refractivity contribution is 5.91. The molecule has 0 unspecified atom stereocenters. The minimum atomic E-state index is -0.776. The number of H-pyrrole nitrogens is 1. The zero-order valence-corrected chi connectivity index (χ0v) is 7.87. The lowest BCUT2D eigenvalue weighted by atomic mass is 10.2. The highest BCUT2D eigenvalue weighted by atomic mass is 19.1. The minimum Gasteiger partial charge on any atom is -0.304 e. The number of hydrogen-bond donors (Lipinski definition) is 1. The van der Waals surface area contributed by atoms with E-state index in [0.717, 1.165) is 10.6 Å². The van der Waals surface area contributed by atoms with Crippen LogP contribution in [0.15, 0.2) is 29.2 Å². The molecule has 0 saturated heterocycles. The summed E-state index contributed by atoms with van der Waals surface area (Å²) in [6.45, 7) is 0. The van der Waals surface area contributed by atoms with E-state index in [1.807, 2.05) is 0 Å². The summed E-state index contributed by atoms with van der Waals surface area (Å²) in [6, 6.07) is 4.26. The fraction of sp³-hybridized carbons (Fsp3) is 0. The van der Waals surface area contributed by atoms with Crippen molar-refractivity contribution in [3.8, 4) is 0 Å². The van der Waals surface area contributed by atoms with Crippen LogP contribution >= 0.6 is 0 Å². The average molecular weight is 221 g/mol. The molecule has 0 amide bonds. The number of benzene rings is 1. The Bertz CT molecular complexity index is 760. The Morgan fingerprint density at radius 2 is 2.12 bits per heavy atom. The number of para-hydroxylation sites is 1. The molecule has 1 N–H and O–H groups in total. The topological polar surface area (TPSA) is 50.2 Å². The lowest BCUT2D eigenvalue weighted by Gasteiger charge is -2.00. The largest absolute Gasteiger partial charge is 0.334 e. The molecule has 3 rings (SSSR count). The van der Waals surface area contributed by atoms with E-state index in [2.05, 4.69) is 9.97 Å². The summed E-state index contributed by atoms with van der Waals surface area (Å²) >= 11 is 0. The molecule has 0 radical (unpaired) electrons. The molecule has 6 heteroatoms. The van der Waals surface area contributed by atoms with E-state index < -0.39 is 17.5 Å². The van der Waals surface area contributed by atoms with Crippen molar-refractivity contribution in [2.24, 2.45) is 0 Å². The van der Waals surface area contributed by atoms with Crippen LogP contribution in [0.4, 0.5) is 8.78 Å². The van der Waals surface area contributed by atoms with Crippen LogP contribution in [0.2, 0.25) is 0 Å². The number of aromatic nitrogens is 3. The third kappa shape index (κ3) is 1.01. The van der Waals surface area contributed by atoms with Gasteiger partial charge in [-0.3, -0.25) is 0 Å². The maximum atomic E-state index is 13.4. The van der Waals surface area contributed by atoms with Gasteiger partial charge in [0, 0.05) is 5.39 Å². The first-order chi connectivity index (χ1) is 7.68. The predicted octanol–water partition coefficient (Wildman–Crippen LogP) is 1.45. The van der Waals surface area contributed by atoms with Gasteiger partial charge in [-0.1, -0.05) is 6.07 Å². The fourth-order valence-corrected chi connectivity index (χ4v) is 1.71. The molecule has 1 aromatic carbocycles. The number of fused-ring (bicyclic) bond motifs is 3. The van der Waals surface area contributed by atoms with Crippen molar-refractivity contribution in [3.05, 3.63) is 46.6 Å². The van der Waals surface area contributed by atoms with Crippen LogP contribution in [0, 0.1) is 11.8 Å². The van der Waals surface area contributed by atoms with Gasteiger partial charge < -0.3 is 4.98 Å². The highest BCUT2D eigenvalue weighted by Gasteiger charge is 2.11. The van der Waals surface area contributed by atoms with Crippen LogP contribution in [0.5, 0.6) is 0 Å². The third-order valence-corrected chi connectivity index (χ3v) is 2.41. The first kappa shape index (κ1) is 9.02. The monoisotopic (exact) mass is 221 g/mol. The molecule has 0 aliphatic carbocycles. The van der Waals surface area contributed by atoms with Gasteiger partial charge in [0.15, 0.2) is 5.65 Å². The van der Waals surface area contributed by atoms with Crippen LogP contribution in [0.3, 0.4) is 0 Å². The van der Waals surface area contributed by atoms with Crippen LogP contribution < -0.4 is 5.69 Å². The van der Waals surface area contributed by atoms with E-state index in [0.29, 0.717) is 5.39 Å². The molecule has 0 saturated carbocycles. The predicted molar refractivity (Wildman–Crippen MR) is 53.2 cm³/mol. The Morgan fingerprint density at radius 1 is 1.31 bits per heavy atom. The van der Waals surface area contributed by atoms with Crippen molar-refractivity contribution in [2.75, 3.05) is 0 Å². The van der Waals surface area contributed by atoms with Crippen LogP contribution in [-0.4, -0.2) is 14.4 Å². The molecule has 80 valence electrons. The number of nitrogens with one attached hydrogen (secondary N) is 1. The standard InChI is InChI=1S/C10H5F2N3O/c11-6-3-1-2-5-8(6)14-10(16)15-7(12)4-13-9(5)15/h1-4H,(H,14,16). The maximum absolute atomic E-state index is 13.4. The smallest absolute Gasteiger partial charge is 0.304 e. The van der Waals surface area contributed by atoms with E-state index >= 15 is 0 Å². The molecule has 0 fully saturated rings. The number of aromatic amines is 1. The van der Waals surface area contributed by atoms with Crippen molar-refractivity contribution in [1.29, 1.82) is 0 Å². The quantitative estimate of drug-likeness (QED) is 0.624. The summed E-state index contributed by atoms with van der Waals surface area (Å²) in [7, 11) is 0. The molecular formula is C10H5F2N3O. The van der Waals surface area contributed by atoms with Crippen LogP contribution in [0.25, 0.3) is 16.6 Å². The minimum absolute atomic E-state index is 0.0330. The molecule has 16 heavy (non-hydrogen) atoms. The van der Waals surface area contributed by atoms with Crippen LogP contribution in [-0.2, 0) is 0 Å². The molecule has 0 bridgehead atoms. The fourth-order valence-electron chi connectivity index (χ4n) is 1.71. The van der Waals surface area contributed by atoms with E-state index in [9.17, 15) is 13.6 Å². The van der Waals surface area contributed by atoms with Gasteiger partial charge in [0.25, 0.3) is 0 Å². The summed E-state index contributed by atoms with van der Waals surface area (Å²) in [4.78, 5) is 17.5. The second kappa shape index (κ2) is 2.88. The molecule has 0 aliphatic rings. The van der Waals surface area contributed by atoms with E-state index in [4.69, 9.17) is 0 Å². The zero-order chi connectivity index (χ0) is 11.3. The second-order valence-electron chi connectivity index (χ2n) is 3.33. The molecule has 3 aromatic rings. The zero-order valence-electron chi connectivity index (χ0n) is 7.87. The Labute approximate surface area is 87.2 Å². The second-order valence-corrected chi connectivity index (χ2v) is 3.33. The normalized spacial score (nSPS) is 11.4. The molecule has 0 spiro atoms. The van der Waals surface area contributed by atoms with Gasteiger partial charge in [-0.2, -0.15) is 4.39 Å². The lowest BCUT2D eigenvalue weighted by Crippen LogP contribution is -2.18. The van der Waals surface area contributed by atoms with Crippen molar-refractivity contribution >= 4 is 16.6 Å². The first-order valence-electron chi connectivity index (χ1n) is 4.52. The van der Waals surface area contributed by atoms with Gasteiger partial charge in [0.1, 0.15) is 5.82 Å². The highest BCUT2D eigenvalue weighted by Crippen LogP contribution is 2.18. The molecular weight excluding hydrogens is 216 g/mol. The Hall–Kier alpha value is -2.24. The van der Waals surface area contributed by atoms with Gasteiger partial charge in [-0.25, -0.2) is 18.6 Å². The number of hydrogen-bond acceptors (Lipinski definition) is 2. The molecule has 0 atom stereocenters. The number of imidazole rings is 1. The SMILES string of the molecule is O=c1[nH]c2c(F)cccc2c2ncc(F)n12. The maximum Gasteiger partial charge on any atom is 0.334 e. The van der Waals surface area contributed by atoms with Crippen molar-refractivity contribution in [2.45, 2.75) is 0 Å². The number of halogens is 2. The summed E-state index contributed by atoms with van der Waals surface area (Å²) < 4.78 is 27.4. The molecule has 2 heterocycles. The summed E-state index contributed by atoms with van der Waals surface area (Å²) in [5.41, 5.74) is -0.607. The summed E-state index contributed by atoms with van der Waals surface area (Å²) in [5, 5.41) is 0.364. The van der Waals surface area contributed by atoms with E-state index in [1.165, 1.54) is 12.1 Å². The Kier molecular flexibility index (Phi) is 1.62. The van der Waals surface area contributed by atoms with E-state index in [-0.39, 0.29) is 11.2 Å². The lowest BCUT2D eigenvalue weighted by molar-refractivity contribution is 0.564. The van der Waals surface area contributed by atoms with Crippen molar-refractivity contribution < 1.29 is 8.78 Å². The molecule has 0 aliphatic heterocycles. The summed E-state index contributed by atoms with van der Waals surface area (Å²) in [5.74, 6) is -1.34. The molecule has 4 nitrogen and oxygen atoms in total. The van der Waals surface area contributed by atoms with Gasteiger partial charge >= 0.3 is 5.69 Å². The van der Waals surface area contributed by atoms with Gasteiger partial charge in [0.05, 0.1) is 11.7 Å². The van der Waals surface area contributed by atoms with Crippen molar-refractivity contribution in [3.63, 3.8) is 0 Å². The van der Waals surface area contributed by atoms with Gasteiger partial charge in [-0.05, 0) is 12.1 Å². The number of nitrogens with zero attached hydrogens (tertiary/aromatic N) is 2. The Morgan fingerprint density at radius 3 is 2.94 bits per heavy atom. The Balaban J connectivity index is 2.71. The van der Waals surface area contributed by atoms with Crippen molar-refractivity contribution in [1.82, 2.24) is 14.4 Å². The van der Waals surface area contributed by atoms with Crippen LogP contribution in [0.1, 0.15) is 0 Å². The average Bonchev–Trinajstić information content (AvgIpc) is 2.64. The first-order valence-corrected chi connectivity index (χ1v) is 4.52. The van der Waals surface area contributed by atoms with Gasteiger partial charge in [-0.15, -0.1) is 0 Å². The number of rotatable bonds is 0. The van der Waals surface area contributed by atoms with E-state index in [1.54, 1.807) is 6.07 Å². The summed E-state index contributed by atoms with van der Waals surface area (Å²) in [6.07, 6.45) is 0.926. The molecule has 2 aromatic heterocycles. The van der Waals surface area contributed by atoms with Gasteiger partial charge in [0.2, 0.25) is 5.95 Å². The third-order valence-electron chi connectivity index (χ3n) is 2.41.